The highest BCUT2D eigenvalue weighted by molar-refractivity contribution is 5.90. The van der Waals surface area contributed by atoms with Gasteiger partial charge in [0.25, 0.3) is 11.5 Å². The minimum Gasteiger partial charge on any atom is -0.392 e. The molecule has 2 atom stereocenters. The fourth-order valence-corrected chi connectivity index (χ4v) is 2.06. The van der Waals surface area contributed by atoms with Crippen LogP contribution in [0.15, 0.2) is 23.1 Å². The predicted molar refractivity (Wildman–Crippen MR) is 67.0 cm³/mol. The third-order valence-electron chi connectivity index (χ3n) is 3.17. The molecule has 0 bridgehead atoms. The summed E-state index contributed by atoms with van der Waals surface area (Å²) < 4.78 is 1.28. The number of pyridine rings is 1. The number of rotatable bonds is 2. The molecular formula is C12H17N3O3. The molecule has 1 aromatic heterocycles. The molecule has 1 aliphatic rings. The monoisotopic (exact) mass is 251 g/mol. The molecule has 0 radical (unpaired) electrons. The van der Waals surface area contributed by atoms with Crippen LogP contribution < -0.4 is 15.9 Å². The topological polar surface area (TPSA) is 74.6 Å². The molecule has 1 aromatic rings. The van der Waals surface area contributed by atoms with Gasteiger partial charge < -0.3 is 10.4 Å². The van der Waals surface area contributed by atoms with Gasteiger partial charge in [-0.1, -0.05) is 6.07 Å². The molecule has 6 nitrogen and oxygen atoms in total. The summed E-state index contributed by atoms with van der Waals surface area (Å²) >= 11 is 0. The molecule has 6 heteroatoms. The number of hydrogen-bond acceptors (Lipinski definition) is 4. The van der Waals surface area contributed by atoms with E-state index in [0.29, 0.717) is 18.5 Å². The van der Waals surface area contributed by atoms with E-state index in [0.717, 1.165) is 0 Å². The van der Waals surface area contributed by atoms with Gasteiger partial charge in [0.2, 0.25) is 0 Å². The Labute approximate surface area is 105 Å². The van der Waals surface area contributed by atoms with Crippen molar-refractivity contribution in [3.8, 4) is 0 Å². The van der Waals surface area contributed by atoms with E-state index in [2.05, 4.69) is 5.32 Å². The van der Waals surface area contributed by atoms with Crippen molar-refractivity contribution in [1.29, 1.82) is 0 Å². The van der Waals surface area contributed by atoms with Gasteiger partial charge in [0.05, 0.1) is 12.1 Å². The number of aliphatic hydroxyl groups is 1. The molecule has 1 fully saturated rings. The normalized spacial score (nSPS) is 23.1. The number of aliphatic hydroxyl groups excluding tert-OH is 1. The van der Waals surface area contributed by atoms with E-state index in [1.807, 2.05) is 0 Å². The van der Waals surface area contributed by atoms with E-state index in [1.54, 1.807) is 32.3 Å². The van der Waals surface area contributed by atoms with Crippen molar-refractivity contribution in [3.05, 3.63) is 34.2 Å². The first-order valence-electron chi connectivity index (χ1n) is 5.88. The van der Waals surface area contributed by atoms with Crippen LogP contribution in [0.1, 0.15) is 12.0 Å². The van der Waals surface area contributed by atoms with Gasteiger partial charge in [-0.2, -0.15) is 0 Å². The molecule has 98 valence electrons. The summed E-state index contributed by atoms with van der Waals surface area (Å²) in [6.07, 6.45) is 1.43. The van der Waals surface area contributed by atoms with Crippen molar-refractivity contribution in [3.63, 3.8) is 0 Å². The fourth-order valence-electron chi connectivity index (χ4n) is 2.06. The zero-order valence-corrected chi connectivity index (χ0v) is 10.5. The van der Waals surface area contributed by atoms with Gasteiger partial charge in [0.1, 0.15) is 0 Å². The number of carbonyl (C=O) groups is 1. The molecule has 0 saturated carbocycles. The SMILES string of the molecule is Cc1cccn(N(C)C(=O)C2C[C@@H](O)CN2)c1=O. The lowest BCUT2D eigenvalue weighted by Crippen LogP contribution is -2.50. The molecule has 1 amide bonds. The van der Waals surface area contributed by atoms with Crippen LogP contribution in [0.4, 0.5) is 0 Å². The summed E-state index contributed by atoms with van der Waals surface area (Å²) in [4.78, 5) is 24.0. The van der Waals surface area contributed by atoms with E-state index >= 15 is 0 Å². The summed E-state index contributed by atoms with van der Waals surface area (Å²) in [5, 5.41) is 13.6. The lowest BCUT2D eigenvalue weighted by molar-refractivity contribution is -0.121. The number of likely N-dealkylation sites (N-methyl/N-ethyl adjacent to an activating group) is 1. The van der Waals surface area contributed by atoms with Gasteiger partial charge in [0.15, 0.2) is 0 Å². The maximum atomic E-state index is 12.1. The zero-order valence-electron chi connectivity index (χ0n) is 10.5. The summed E-state index contributed by atoms with van der Waals surface area (Å²) in [5.41, 5.74) is 0.364. The molecule has 0 aromatic carbocycles. The first-order valence-corrected chi connectivity index (χ1v) is 5.88. The molecule has 2 heterocycles. The number of nitrogens with one attached hydrogen (secondary N) is 1. The van der Waals surface area contributed by atoms with E-state index in [1.165, 1.54) is 9.69 Å². The highest BCUT2D eigenvalue weighted by atomic mass is 16.3. The minimum absolute atomic E-state index is 0.216. The van der Waals surface area contributed by atoms with Crippen molar-refractivity contribution >= 4 is 5.91 Å². The first kappa shape index (κ1) is 12.8. The lowest BCUT2D eigenvalue weighted by Gasteiger charge is -2.23. The van der Waals surface area contributed by atoms with Gasteiger partial charge in [-0.3, -0.25) is 9.59 Å². The number of aromatic nitrogens is 1. The van der Waals surface area contributed by atoms with Crippen LogP contribution in [0.3, 0.4) is 0 Å². The van der Waals surface area contributed by atoms with Gasteiger partial charge in [0, 0.05) is 25.4 Å². The second-order valence-electron chi connectivity index (χ2n) is 4.55. The van der Waals surface area contributed by atoms with Crippen molar-refractivity contribution in [1.82, 2.24) is 9.99 Å². The van der Waals surface area contributed by atoms with Gasteiger partial charge in [-0.05, 0) is 19.4 Å². The van der Waals surface area contributed by atoms with Crippen molar-refractivity contribution in [2.24, 2.45) is 0 Å². The van der Waals surface area contributed by atoms with Gasteiger partial charge in [-0.25, -0.2) is 9.69 Å². The predicted octanol–water partition coefficient (Wildman–Crippen LogP) is -1.03. The quantitative estimate of drug-likeness (QED) is 0.705. The van der Waals surface area contributed by atoms with Crippen molar-refractivity contribution < 1.29 is 9.90 Å². The third kappa shape index (κ3) is 2.30. The smallest absolute Gasteiger partial charge is 0.272 e. The number of β-amino-alcohol motifs (C(OH)–C–C–N with tert-alkyl or cyclic N) is 1. The van der Waals surface area contributed by atoms with E-state index in [9.17, 15) is 14.7 Å². The fraction of sp³-hybridized carbons (Fsp3) is 0.500. The van der Waals surface area contributed by atoms with Crippen LogP contribution in [-0.2, 0) is 4.79 Å². The molecule has 2 N–H and O–H groups in total. The third-order valence-corrected chi connectivity index (χ3v) is 3.17. The van der Waals surface area contributed by atoms with Crippen LogP contribution in [0.25, 0.3) is 0 Å². The molecular weight excluding hydrogens is 234 g/mol. The van der Waals surface area contributed by atoms with Gasteiger partial charge in [-0.15, -0.1) is 0 Å². The maximum Gasteiger partial charge on any atom is 0.272 e. The van der Waals surface area contributed by atoms with Gasteiger partial charge >= 0.3 is 0 Å². The summed E-state index contributed by atoms with van der Waals surface area (Å²) in [6, 6.07) is 2.99. The standard InChI is InChI=1S/C12H17N3O3/c1-8-4-3-5-15(11(8)17)14(2)12(18)10-6-9(16)7-13-10/h3-5,9-10,13,16H,6-7H2,1-2H3/t9-,10?/m1/s1. The summed E-state index contributed by atoms with van der Waals surface area (Å²) in [6.45, 7) is 2.11. The van der Waals surface area contributed by atoms with Crippen molar-refractivity contribution in [2.45, 2.75) is 25.5 Å². The maximum absolute atomic E-state index is 12.1. The molecule has 1 aliphatic heterocycles. The number of carbonyl (C=O) groups excluding carboxylic acids is 1. The first-order chi connectivity index (χ1) is 8.50. The molecule has 1 saturated heterocycles. The molecule has 0 spiro atoms. The highest BCUT2D eigenvalue weighted by Gasteiger charge is 2.30. The number of hydrogen-bond donors (Lipinski definition) is 2. The Hall–Kier alpha value is -1.66. The Balaban J connectivity index is 2.21. The summed E-state index contributed by atoms with van der Waals surface area (Å²) in [7, 11) is 1.55. The van der Waals surface area contributed by atoms with Crippen LogP contribution in [-0.4, -0.2) is 41.4 Å². The van der Waals surface area contributed by atoms with Crippen LogP contribution in [0, 0.1) is 6.92 Å². The Morgan fingerprint density at radius 3 is 2.94 bits per heavy atom. The number of aryl methyl sites for hydroxylation is 1. The molecule has 2 rings (SSSR count). The van der Waals surface area contributed by atoms with E-state index in [4.69, 9.17) is 0 Å². The lowest BCUT2D eigenvalue weighted by atomic mass is 10.2. The zero-order chi connectivity index (χ0) is 13.3. The molecule has 1 unspecified atom stereocenters. The second-order valence-corrected chi connectivity index (χ2v) is 4.55. The molecule has 0 aliphatic carbocycles. The van der Waals surface area contributed by atoms with E-state index in [-0.39, 0.29) is 11.5 Å². The largest absolute Gasteiger partial charge is 0.392 e. The summed E-state index contributed by atoms with van der Waals surface area (Å²) in [5.74, 6) is -0.223. The van der Waals surface area contributed by atoms with Crippen LogP contribution in [0.5, 0.6) is 0 Å². The van der Waals surface area contributed by atoms with E-state index < -0.39 is 12.1 Å². The average molecular weight is 251 g/mol. The highest BCUT2D eigenvalue weighted by Crippen LogP contribution is 2.08. The Bertz CT molecular complexity index is 512. The van der Waals surface area contributed by atoms with Crippen LogP contribution >= 0.6 is 0 Å². The average Bonchev–Trinajstić information content (AvgIpc) is 2.77. The number of amides is 1. The van der Waals surface area contributed by atoms with Crippen LogP contribution in [0.2, 0.25) is 0 Å². The Morgan fingerprint density at radius 2 is 2.33 bits per heavy atom. The number of nitrogens with zero attached hydrogens (tertiary/aromatic N) is 2. The minimum atomic E-state index is -0.499. The second kappa shape index (κ2) is 4.91. The Morgan fingerprint density at radius 1 is 1.61 bits per heavy atom. The molecule has 18 heavy (non-hydrogen) atoms. The Kier molecular flexibility index (Phi) is 3.49. The van der Waals surface area contributed by atoms with Crippen molar-refractivity contribution in [2.75, 3.05) is 18.6 Å².